The molecule has 0 aromatic carbocycles. The zero-order chi connectivity index (χ0) is 16.1. The predicted octanol–water partition coefficient (Wildman–Crippen LogP) is 2.19. The first-order chi connectivity index (χ1) is 11.3. The van der Waals surface area contributed by atoms with Crippen molar-refractivity contribution < 1.29 is 4.74 Å². The number of nitriles is 1. The Morgan fingerprint density at radius 3 is 3.04 bits per heavy atom. The highest BCUT2D eigenvalue weighted by molar-refractivity contribution is 5.51. The highest BCUT2D eigenvalue weighted by Crippen LogP contribution is 2.16. The van der Waals surface area contributed by atoms with Crippen LogP contribution in [0.4, 0.5) is 11.6 Å². The summed E-state index contributed by atoms with van der Waals surface area (Å²) in [6.45, 7) is 5.13. The summed E-state index contributed by atoms with van der Waals surface area (Å²) >= 11 is 0. The van der Waals surface area contributed by atoms with E-state index in [0.717, 1.165) is 31.1 Å². The van der Waals surface area contributed by atoms with Gasteiger partial charge >= 0.3 is 0 Å². The van der Waals surface area contributed by atoms with Crippen LogP contribution in [0.15, 0.2) is 36.7 Å². The number of nitrogens with zero attached hydrogens (tertiary/aromatic N) is 4. The molecule has 0 unspecified atom stereocenters. The zero-order valence-corrected chi connectivity index (χ0v) is 13.1. The van der Waals surface area contributed by atoms with Crippen molar-refractivity contribution in [3.05, 3.63) is 47.8 Å². The molecule has 23 heavy (non-hydrogen) atoms. The number of hydrogen-bond acceptors (Lipinski definition) is 6. The molecule has 3 heterocycles. The fourth-order valence-electron chi connectivity index (χ4n) is 2.56. The number of morpholine rings is 1. The molecule has 1 fully saturated rings. The molecule has 1 saturated heterocycles. The molecule has 2 aromatic rings. The molecule has 0 spiro atoms. The van der Waals surface area contributed by atoms with Gasteiger partial charge in [0.1, 0.15) is 17.7 Å². The fraction of sp³-hybridized carbons (Fsp3) is 0.353. The molecule has 6 heteroatoms. The number of pyridine rings is 2. The van der Waals surface area contributed by atoms with E-state index in [9.17, 15) is 0 Å². The van der Waals surface area contributed by atoms with Crippen LogP contribution >= 0.6 is 0 Å². The molecule has 0 bridgehead atoms. The monoisotopic (exact) mass is 309 g/mol. The van der Waals surface area contributed by atoms with Gasteiger partial charge in [-0.3, -0.25) is 0 Å². The van der Waals surface area contributed by atoms with Crippen LogP contribution in [0.3, 0.4) is 0 Å². The SMILES string of the molecule is C[C@@H]1CN(c2ccc(CNc3ncccc3C#N)cn2)CCO1. The summed E-state index contributed by atoms with van der Waals surface area (Å²) in [5.74, 6) is 1.57. The second-order valence-corrected chi connectivity index (χ2v) is 5.52. The molecule has 1 atom stereocenters. The normalized spacial score (nSPS) is 17.6. The van der Waals surface area contributed by atoms with Crippen LogP contribution in [0.25, 0.3) is 0 Å². The Balaban J connectivity index is 1.63. The van der Waals surface area contributed by atoms with Crippen molar-refractivity contribution in [1.82, 2.24) is 9.97 Å². The molecular formula is C17H19N5O. The van der Waals surface area contributed by atoms with Gasteiger partial charge in [-0.2, -0.15) is 5.26 Å². The lowest BCUT2D eigenvalue weighted by Crippen LogP contribution is -2.41. The Hall–Kier alpha value is -2.65. The number of aromatic nitrogens is 2. The van der Waals surface area contributed by atoms with E-state index < -0.39 is 0 Å². The molecule has 0 amide bonds. The lowest BCUT2D eigenvalue weighted by molar-refractivity contribution is 0.0529. The molecule has 1 aliphatic heterocycles. The molecule has 1 N–H and O–H groups in total. The molecule has 2 aromatic heterocycles. The van der Waals surface area contributed by atoms with Crippen LogP contribution in [-0.2, 0) is 11.3 Å². The van der Waals surface area contributed by atoms with Gasteiger partial charge in [0.25, 0.3) is 0 Å². The van der Waals surface area contributed by atoms with Crippen LogP contribution in [-0.4, -0.2) is 35.8 Å². The average molecular weight is 309 g/mol. The number of hydrogen-bond donors (Lipinski definition) is 1. The molecular weight excluding hydrogens is 290 g/mol. The largest absolute Gasteiger partial charge is 0.375 e. The lowest BCUT2D eigenvalue weighted by Gasteiger charge is -2.32. The van der Waals surface area contributed by atoms with E-state index in [4.69, 9.17) is 10.00 Å². The number of anilines is 2. The first-order valence-corrected chi connectivity index (χ1v) is 7.67. The maximum Gasteiger partial charge on any atom is 0.144 e. The van der Waals surface area contributed by atoms with Crippen molar-refractivity contribution in [3.8, 4) is 6.07 Å². The maximum atomic E-state index is 9.06. The summed E-state index contributed by atoms with van der Waals surface area (Å²) in [6, 6.07) is 9.70. The summed E-state index contributed by atoms with van der Waals surface area (Å²) in [5, 5.41) is 12.2. The van der Waals surface area contributed by atoms with Gasteiger partial charge in [-0.25, -0.2) is 9.97 Å². The summed E-state index contributed by atoms with van der Waals surface area (Å²) in [6.07, 6.45) is 3.77. The van der Waals surface area contributed by atoms with Crippen LogP contribution in [0.1, 0.15) is 18.1 Å². The van der Waals surface area contributed by atoms with Gasteiger partial charge in [0.05, 0.1) is 18.3 Å². The van der Waals surface area contributed by atoms with E-state index in [2.05, 4.69) is 33.2 Å². The average Bonchev–Trinajstić information content (AvgIpc) is 2.60. The number of ether oxygens (including phenoxy) is 1. The lowest BCUT2D eigenvalue weighted by atomic mass is 10.2. The molecule has 0 saturated carbocycles. The molecule has 3 rings (SSSR count). The quantitative estimate of drug-likeness (QED) is 0.933. The van der Waals surface area contributed by atoms with Gasteiger partial charge in [0.2, 0.25) is 0 Å². The van der Waals surface area contributed by atoms with E-state index in [-0.39, 0.29) is 6.10 Å². The second kappa shape index (κ2) is 7.07. The zero-order valence-electron chi connectivity index (χ0n) is 13.1. The van der Waals surface area contributed by atoms with Crippen molar-refractivity contribution in [2.24, 2.45) is 0 Å². The summed E-state index contributed by atoms with van der Waals surface area (Å²) in [7, 11) is 0. The highest BCUT2D eigenvalue weighted by Gasteiger charge is 2.17. The molecule has 1 aliphatic rings. The fourth-order valence-corrected chi connectivity index (χ4v) is 2.56. The predicted molar refractivity (Wildman–Crippen MR) is 88.1 cm³/mol. The highest BCUT2D eigenvalue weighted by atomic mass is 16.5. The molecule has 0 aliphatic carbocycles. The van der Waals surface area contributed by atoms with E-state index in [1.807, 2.05) is 18.3 Å². The minimum Gasteiger partial charge on any atom is -0.375 e. The van der Waals surface area contributed by atoms with Crippen LogP contribution in [0, 0.1) is 11.3 Å². The van der Waals surface area contributed by atoms with Crippen LogP contribution in [0.5, 0.6) is 0 Å². The van der Waals surface area contributed by atoms with E-state index in [0.29, 0.717) is 17.9 Å². The second-order valence-electron chi connectivity index (χ2n) is 5.52. The third kappa shape index (κ3) is 3.76. The van der Waals surface area contributed by atoms with Gasteiger partial charge in [0.15, 0.2) is 0 Å². The first-order valence-electron chi connectivity index (χ1n) is 7.67. The Morgan fingerprint density at radius 1 is 1.39 bits per heavy atom. The molecule has 6 nitrogen and oxygen atoms in total. The maximum absolute atomic E-state index is 9.06. The topological polar surface area (TPSA) is 74.1 Å². The van der Waals surface area contributed by atoms with Gasteiger partial charge in [-0.1, -0.05) is 6.07 Å². The Morgan fingerprint density at radius 2 is 2.30 bits per heavy atom. The van der Waals surface area contributed by atoms with E-state index in [1.54, 1.807) is 18.3 Å². The van der Waals surface area contributed by atoms with Crippen molar-refractivity contribution in [3.63, 3.8) is 0 Å². The summed E-state index contributed by atoms with van der Waals surface area (Å²) in [4.78, 5) is 11.0. The van der Waals surface area contributed by atoms with Gasteiger partial charge < -0.3 is 15.0 Å². The van der Waals surface area contributed by atoms with Crippen LogP contribution in [0.2, 0.25) is 0 Å². The standard InChI is InChI=1S/C17H19N5O/c1-13-12-22(7-8-23-13)16-5-4-14(10-20-16)11-21-17-15(9-18)3-2-6-19-17/h2-6,10,13H,7-8,11-12H2,1H3,(H,19,21)/t13-/m1/s1. The smallest absolute Gasteiger partial charge is 0.144 e. The van der Waals surface area contributed by atoms with Gasteiger partial charge in [0, 0.05) is 32.0 Å². The van der Waals surface area contributed by atoms with Crippen molar-refractivity contribution in [2.45, 2.75) is 19.6 Å². The third-order valence-corrected chi connectivity index (χ3v) is 3.76. The third-order valence-electron chi connectivity index (χ3n) is 3.76. The Bertz CT molecular complexity index is 695. The minimum atomic E-state index is 0.237. The molecule has 118 valence electrons. The summed E-state index contributed by atoms with van der Waals surface area (Å²) in [5.41, 5.74) is 1.59. The molecule has 0 radical (unpaired) electrons. The van der Waals surface area contributed by atoms with E-state index >= 15 is 0 Å². The van der Waals surface area contributed by atoms with Crippen LogP contribution < -0.4 is 10.2 Å². The van der Waals surface area contributed by atoms with E-state index in [1.165, 1.54) is 0 Å². The Labute approximate surface area is 135 Å². The van der Waals surface area contributed by atoms with Crippen molar-refractivity contribution in [2.75, 3.05) is 29.9 Å². The Kier molecular flexibility index (Phi) is 4.69. The van der Waals surface area contributed by atoms with Gasteiger partial charge in [-0.05, 0) is 30.7 Å². The van der Waals surface area contributed by atoms with Crippen molar-refractivity contribution in [1.29, 1.82) is 5.26 Å². The summed E-state index contributed by atoms with van der Waals surface area (Å²) < 4.78 is 5.55. The number of nitrogens with one attached hydrogen (secondary N) is 1. The minimum absolute atomic E-state index is 0.237. The van der Waals surface area contributed by atoms with Crippen molar-refractivity contribution >= 4 is 11.6 Å². The number of rotatable bonds is 4. The van der Waals surface area contributed by atoms with Gasteiger partial charge in [-0.15, -0.1) is 0 Å². The first kappa shape index (κ1) is 15.3.